The molecule has 1 heterocycles. The molecule has 0 radical (unpaired) electrons. The molecule has 0 aliphatic carbocycles. The molecule has 1 amide bonds. The Labute approximate surface area is 285 Å². The van der Waals surface area contributed by atoms with Crippen LogP contribution in [-0.4, -0.2) is 23.8 Å². The molecule has 0 spiro atoms. The van der Waals surface area contributed by atoms with Gasteiger partial charge in [-0.15, -0.1) is 0 Å². The van der Waals surface area contributed by atoms with Gasteiger partial charge in [-0.25, -0.2) is 14.4 Å². The predicted octanol–water partition coefficient (Wildman–Crippen LogP) is 10.2. The van der Waals surface area contributed by atoms with E-state index < -0.39 is 23.8 Å². The van der Waals surface area contributed by atoms with Crippen LogP contribution in [0.2, 0.25) is 0 Å². The van der Waals surface area contributed by atoms with Gasteiger partial charge in [0.1, 0.15) is 28.4 Å². The molecule has 5 rings (SSSR count). The average Bonchev–Trinajstić information content (AvgIpc) is 3.11. The third-order valence-corrected chi connectivity index (χ3v) is 6.64. The number of carbonyl (C=O) groups is 4. The Kier molecular flexibility index (Phi) is 17.1. The number of aryl methyl sites for hydroxylation is 4. The van der Waals surface area contributed by atoms with Gasteiger partial charge in [0.25, 0.3) is 5.91 Å². The second kappa shape index (κ2) is 20.1. The lowest BCUT2D eigenvalue weighted by Gasteiger charge is -2.19. The van der Waals surface area contributed by atoms with Crippen LogP contribution < -0.4 is 19.5 Å². The molecule has 1 aliphatic rings. The predicted molar refractivity (Wildman–Crippen MR) is 193 cm³/mol. The fraction of sp³-hybridized carbons (Fsp3) is 0.300. The standard InChI is InChI=1S/C32H25NO7.4C2H6/c1-17-9-5-13-21-25(17)33-29(34)22-14-6-10-18(2)26(22)38-31(36)24-16-8-12-20(4)28(24)40-32(37)23-15-7-11-19(3)27(23)39-30(21)35;4*1-2/h5-16H,1-4H3,(H,33,34);4*1-2H3. The molecule has 0 saturated carbocycles. The Hall–Kier alpha value is -5.24. The summed E-state index contributed by atoms with van der Waals surface area (Å²) in [7, 11) is 0. The normalized spacial score (nSPS) is 11.8. The molecular formula is C40H49NO7. The highest BCUT2D eigenvalue weighted by atomic mass is 16.6. The largest absolute Gasteiger partial charge is 0.422 e. The number of fused-ring (bicyclic) bond motifs is 4. The van der Waals surface area contributed by atoms with Gasteiger partial charge in [0.2, 0.25) is 0 Å². The lowest BCUT2D eigenvalue weighted by Crippen LogP contribution is -2.22. The molecule has 4 aromatic rings. The van der Waals surface area contributed by atoms with Gasteiger partial charge in [-0.3, -0.25) is 4.79 Å². The number of anilines is 1. The van der Waals surface area contributed by atoms with E-state index in [0.717, 1.165) is 0 Å². The van der Waals surface area contributed by atoms with E-state index in [0.29, 0.717) is 22.3 Å². The van der Waals surface area contributed by atoms with Gasteiger partial charge < -0.3 is 19.5 Å². The summed E-state index contributed by atoms with van der Waals surface area (Å²) in [5.41, 5.74) is 2.50. The van der Waals surface area contributed by atoms with Gasteiger partial charge in [0.05, 0.1) is 16.8 Å². The minimum Gasteiger partial charge on any atom is -0.422 e. The zero-order chi connectivity index (χ0) is 36.6. The maximum atomic E-state index is 13.6. The van der Waals surface area contributed by atoms with Gasteiger partial charge in [0, 0.05) is 0 Å². The van der Waals surface area contributed by atoms with Crippen molar-refractivity contribution in [1.29, 1.82) is 0 Å². The van der Waals surface area contributed by atoms with Crippen molar-refractivity contribution in [1.82, 2.24) is 0 Å². The zero-order valence-electron chi connectivity index (χ0n) is 30.3. The first-order valence-electron chi connectivity index (χ1n) is 16.5. The molecule has 8 nitrogen and oxygen atoms in total. The van der Waals surface area contributed by atoms with E-state index in [9.17, 15) is 19.2 Å². The average molecular weight is 656 g/mol. The van der Waals surface area contributed by atoms with Crippen LogP contribution in [0.25, 0.3) is 0 Å². The molecule has 0 aromatic heterocycles. The first-order chi connectivity index (χ1) is 23.2. The molecule has 256 valence electrons. The highest BCUT2D eigenvalue weighted by Gasteiger charge is 2.28. The first-order valence-corrected chi connectivity index (χ1v) is 16.5. The van der Waals surface area contributed by atoms with Crippen molar-refractivity contribution in [2.45, 2.75) is 83.1 Å². The second-order valence-corrected chi connectivity index (χ2v) is 9.47. The molecular weight excluding hydrogens is 606 g/mol. The van der Waals surface area contributed by atoms with Crippen LogP contribution in [0, 0.1) is 27.7 Å². The van der Waals surface area contributed by atoms with Crippen LogP contribution in [0.15, 0.2) is 72.8 Å². The Morgan fingerprint density at radius 2 is 0.688 bits per heavy atom. The summed E-state index contributed by atoms with van der Waals surface area (Å²) >= 11 is 0. The summed E-state index contributed by atoms with van der Waals surface area (Å²) in [6, 6.07) is 19.3. The van der Waals surface area contributed by atoms with E-state index in [1.165, 1.54) is 24.3 Å². The summed E-state index contributed by atoms with van der Waals surface area (Å²) in [6.45, 7) is 22.8. The van der Waals surface area contributed by atoms with Crippen LogP contribution in [0.4, 0.5) is 5.69 Å². The number of rotatable bonds is 0. The number of hydrogen-bond acceptors (Lipinski definition) is 7. The highest BCUT2D eigenvalue weighted by molar-refractivity contribution is 6.11. The number of para-hydroxylation sites is 4. The number of amides is 1. The van der Waals surface area contributed by atoms with E-state index in [1.807, 2.05) is 55.4 Å². The van der Waals surface area contributed by atoms with E-state index >= 15 is 0 Å². The van der Waals surface area contributed by atoms with Gasteiger partial charge in [0.15, 0.2) is 0 Å². The number of benzene rings is 4. The number of hydrogen-bond donors (Lipinski definition) is 1. The van der Waals surface area contributed by atoms with E-state index in [2.05, 4.69) is 5.32 Å². The van der Waals surface area contributed by atoms with Crippen molar-refractivity contribution < 1.29 is 33.4 Å². The van der Waals surface area contributed by atoms with Crippen LogP contribution in [0.1, 0.15) is 119 Å². The number of nitrogens with one attached hydrogen (secondary N) is 1. The lowest BCUT2D eigenvalue weighted by molar-refractivity contribution is 0.0697. The third kappa shape index (κ3) is 9.41. The zero-order valence-corrected chi connectivity index (χ0v) is 30.3. The van der Waals surface area contributed by atoms with Crippen molar-refractivity contribution in [2.24, 2.45) is 0 Å². The molecule has 0 fully saturated rings. The maximum Gasteiger partial charge on any atom is 0.347 e. The fourth-order valence-electron chi connectivity index (χ4n) is 4.49. The summed E-state index contributed by atoms with van der Waals surface area (Å²) < 4.78 is 17.3. The third-order valence-electron chi connectivity index (χ3n) is 6.64. The number of esters is 3. The van der Waals surface area contributed by atoms with Gasteiger partial charge in [-0.05, 0) is 74.2 Å². The lowest BCUT2D eigenvalue weighted by atomic mass is 10.0. The van der Waals surface area contributed by atoms with Crippen molar-refractivity contribution >= 4 is 29.5 Å². The molecule has 48 heavy (non-hydrogen) atoms. The van der Waals surface area contributed by atoms with Crippen LogP contribution >= 0.6 is 0 Å². The number of ether oxygens (including phenoxy) is 3. The summed E-state index contributed by atoms with van der Waals surface area (Å²) in [4.78, 5) is 53.9. The van der Waals surface area contributed by atoms with Gasteiger partial charge in [-0.2, -0.15) is 0 Å². The first kappa shape index (κ1) is 40.8. The summed E-state index contributed by atoms with van der Waals surface area (Å²) in [6.07, 6.45) is 0. The van der Waals surface area contributed by atoms with E-state index in [1.54, 1.807) is 76.2 Å². The van der Waals surface area contributed by atoms with Crippen molar-refractivity contribution in [2.75, 3.05) is 5.32 Å². The quantitative estimate of drug-likeness (QED) is 0.148. The Morgan fingerprint density at radius 1 is 0.396 bits per heavy atom. The van der Waals surface area contributed by atoms with Crippen LogP contribution in [-0.2, 0) is 0 Å². The SMILES string of the molecule is CC.CC.CC.CC.Cc1cccc2c1NC(=O)c1cccc(C)c1OC(=O)c1cccc(C)c1OC(=O)c1cccc(C)c1OC2=O. The van der Waals surface area contributed by atoms with Crippen molar-refractivity contribution in [3.05, 3.63) is 117 Å². The van der Waals surface area contributed by atoms with Crippen molar-refractivity contribution in [3.8, 4) is 17.2 Å². The molecule has 0 atom stereocenters. The van der Waals surface area contributed by atoms with E-state index in [4.69, 9.17) is 14.2 Å². The molecule has 0 bridgehead atoms. The molecule has 1 N–H and O–H groups in total. The Bertz CT molecular complexity index is 1470. The van der Waals surface area contributed by atoms with Gasteiger partial charge >= 0.3 is 17.9 Å². The molecule has 4 aromatic carbocycles. The van der Waals surface area contributed by atoms with Crippen molar-refractivity contribution in [3.63, 3.8) is 0 Å². The fourth-order valence-corrected chi connectivity index (χ4v) is 4.49. The number of carbonyl (C=O) groups excluding carboxylic acids is 4. The molecule has 1 aliphatic heterocycles. The smallest absolute Gasteiger partial charge is 0.347 e. The molecule has 0 unspecified atom stereocenters. The van der Waals surface area contributed by atoms with Crippen LogP contribution in [0.3, 0.4) is 0 Å². The van der Waals surface area contributed by atoms with Gasteiger partial charge in [-0.1, -0.05) is 104 Å². The second-order valence-electron chi connectivity index (χ2n) is 9.47. The molecule has 8 heteroatoms. The molecule has 0 saturated heterocycles. The van der Waals surface area contributed by atoms with E-state index in [-0.39, 0.29) is 45.2 Å². The minimum absolute atomic E-state index is 0.00191. The Balaban J connectivity index is 0.00000134. The minimum atomic E-state index is -0.823. The maximum absolute atomic E-state index is 13.6. The summed E-state index contributed by atoms with van der Waals surface area (Å²) in [5.74, 6) is -2.97. The Morgan fingerprint density at radius 3 is 1.08 bits per heavy atom. The summed E-state index contributed by atoms with van der Waals surface area (Å²) in [5, 5.41) is 2.79. The monoisotopic (exact) mass is 655 g/mol. The van der Waals surface area contributed by atoms with Crippen LogP contribution in [0.5, 0.6) is 17.2 Å². The topological polar surface area (TPSA) is 108 Å². The highest BCUT2D eigenvalue weighted by Crippen LogP contribution is 2.33.